The third-order valence-electron chi connectivity index (χ3n) is 6.95. The van der Waals surface area contributed by atoms with Crippen LogP contribution in [0.1, 0.15) is 47.5 Å². The molecule has 10 heteroatoms. The highest BCUT2D eigenvalue weighted by molar-refractivity contribution is 5.47. The number of hydrogen-bond acceptors (Lipinski definition) is 10. The van der Waals surface area contributed by atoms with Gasteiger partial charge in [0.25, 0.3) is 0 Å². The van der Waals surface area contributed by atoms with Crippen LogP contribution in [0.5, 0.6) is 11.5 Å². The molecule has 2 aromatic rings. The molecule has 1 aromatic carbocycles. The monoisotopic (exact) mass is 555 g/mol. The zero-order chi connectivity index (χ0) is 28.5. The lowest BCUT2D eigenvalue weighted by molar-refractivity contribution is -0.0672. The summed E-state index contributed by atoms with van der Waals surface area (Å²) in [5, 5.41) is 3.34. The molecule has 4 rings (SSSR count). The Hall–Kier alpha value is -3.24. The second-order valence-corrected chi connectivity index (χ2v) is 11.1. The number of nitrogens with zero attached hydrogens (tertiary/aromatic N) is 4. The minimum absolute atomic E-state index is 0.0309. The molecule has 2 aliphatic heterocycles. The van der Waals surface area contributed by atoms with Gasteiger partial charge in [-0.1, -0.05) is 26.0 Å². The average molecular weight is 556 g/mol. The number of rotatable bonds is 14. The molecule has 3 heterocycles. The predicted molar refractivity (Wildman–Crippen MR) is 156 cm³/mol. The van der Waals surface area contributed by atoms with Gasteiger partial charge in [-0.3, -0.25) is 4.98 Å². The van der Waals surface area contributed by atoms with Crippen molar-refractivity contribution in [2.24, 2.45) is 5.92 Å². The SMILES string of the molecule is CCOc1ccccc1OC1CCCN(c2cncc(NC3=CN(C(C)(C)COCCOC)[C@@H](C(C)C)O3)n2)C1. The Labute approximate surface area is 238 Å². The molecule has 2 aliphatic rings. The van der Waals surface area contributed by atoms with Crippen molar-refractivity contribution in [2.45, 2.75) is 65.3 Å². The maximum absolute atomic E-state index is 6.37. The van der Waals surface area contributed by atoms with Gasteiger partial charge in [0.1, 0.15) is 11.9 Å². The number of ether oxygens (including phenoxy) is 5. The predicted octanol–water partition coefficient (Wildman–Crippen LogP) is 4.89. The highest BCUT2D eigenvalue weighted by Gasteiger charge is 2.38. The first-order valence-electron chi connectivity index (χ1n) is 14.3. The summed E-state index contributed by atoms with van der Waals surface area (Å²) in [7, 11) is 1.68. The molecule has 40 heavy (non-hydrogen) atoms. The molecule has 0 bridgehead atoms. The van der Waals surface area contributed by atoms with Gasteiger partial charge in [0.2, 0.25) is 5.88 Å². The Morgan fingerprint density at radius 1 is 1.15 bits per heavy atom. The molecule has 0 aliphatic carbocycles. The normalized spacial score (nSPS) is 19.4. The standard InChI is InChI=1S/C30H45N5O5/c1-7-38-24-12-8-9-13-25(24)39-23-11-10-14-34(19-23)27-18-31-17-26(32-27)33-28-20-35(29(40-28)22(2)3)30(4,5)21-37-16-15-36-6/h8-9,12-13,17-18,20,22-23,29H,7,10-11,14-16,19,21H2,1-6H3,(H,32,33)/t23?,29-/m1/s1. The van der Waals surface area contributed by atoms with Crippen LogP contribution >= 0.6 is 0 Å². The quantitative estimate of drug-likeness (QED) is 0.325. The molecule has 0 saturated carbocycles. The summed E-state index contributed by atoms with van der Waals surface area (Å²) in [6.45, 7) is 14.5. The fourth-order valence-electron chi connectivity index (χ4n) is 4.93. The van der Waals surface area contributed by atoms with E-state index in [1.54, 1.807) is 19.5 Å². The molecule has 220 valence electrons. The summed E-state index contributed by atoms with van der Waals surface area (Å²) in [6.07, 6.45) is 7.41. The number of piperidine rings is 1. The van der Waals surface area contributed by atoms with E-state index in [-0.39, 0.29) is 23.8 Å². The first-order chi connectivity index (χ1) is 19.3. The van der Waals surface area contributed by atoms with Crippen LogP contribution in [0, 0.1) is 5.92 Å². The number of para-hydroxylation sites is 2. The minimum Gasteiger partial charge on any atom is -0.490 e. The second kappa shape index (κ2) is 13.9. The molecule has 10 nitrogen and oxygen atoms in total. The molecular weight excluding hydrogens is 510 g/mol. The van der Waals surface area contributed by atoms with Crippen molar-refractivity contribution in [3.8, 4) is 11.5 Å². The maximum Gasteiger partial charge on any atom is 0.211 e. The van der Waals surface area contributed by atoms with Crippen LogP contribution in [0.3, 0.4) is 0 Å². The molecule has 2 atom stereocenters. The smallest absolute Gasteiger partial charge is 0.211 e. The Morgan fingerprint density at radius 3 is 2.70 bits per heavy atom. The van der Waals surface area contributed by atoms with Crippen LogP contribution < -0.4 is 19.7 Å². The van der Waals surface area contributed by atoms with Gasteiger partial charge in [-0.2, -0.15) is 0 Å². The fraction of sp³-hybridized carbons (Fsp3) is 0.600. The molecule has 0 spiro atoms. The van der Waals surface area contributed by atoms with Gasteiger partial charge >= 0.3 is 0 Å². The van der Waals surface area contributed by atoms with Crippen LogP contribution in [0.15, 0.2) is 48.7 Å². The molecule has 1 unspecified atom stereocenters. The summed E-state index contributed by atoms with van der Waals surface area (Å²) in [5.74, 6) is 3.90. The maximum atomic E-state index is 6.37. The summed E-state index contributed by atoms with van der Waals surface area (Å²) in [4.78, 5) is 13.8. The highest BCUT2D eigenvalue weighted by Crippen LogP contribution is 2.33. The van der Waals surface area contributed by atoms with Crippen LogP contribution in [-0.4, -0.2) is 79.4 Å². The third-order valence-corrected chi connectivity index (χ3v) is 6.95. The van der Waals surface area contributed by atoms with E-state index in [1.165, 1.54) is 0 Å². The lowest BCUT2D eigenvalue weighted by atomic mass is 10.0. The molecule has 1 saturated heterocycles. The van der Waals surface area contributed by atoms with Gasteiger partial charge in [0.15, 0.2) is 23.5 Å². The topological polar surface area (TPSA) is 90.4 Å². The number of aromatic nitrogens is 2. The number of nitrogens with one attached hydrogen (secondary N) is 1. The lowest BCUT2D eigenvalue weighted by Crippen LogP contribution is -2.50. The number of methoxy groups -OCH3 is 1. The van der Waals surface area contributed by atoms with E-state index in [9.17, 15) is 0 Å². The minimum atomic E-state index is -0.275. The number of anilines is 2. The Kier molecular flexibility index (Phi) is 10.3. The highest BCUT2D eigenvalue weighted by atomic mass is 16.5. The van der Waals surface area contributed by atoms with E-state index in [1.807, 2.05) is 37.4 Å². The average Bonchev–Trinajstić information content (AvgIpc) is 3.38. The lowest BCUT2D eigenvalue weighted by Gasteiger charge is -2.40. The first-order valence-corrected chi connectivity index (χ1v) is 14.3. The van der Waals surface area contributed by atoms with Crippen LogP contribution in [-0.2, 0) is 14.2 Å². The van der Waals surface area contributed by atoms with Crippen LogP contribution in [0.25, 0.3) is 0 Å². The van der Waals surface area contributed by atoms with Crippen molar-refractivity contribution in [2.75, 3.05) is 56.8 Å². The Morgan fingerprint density at radius 2 is 1.95 bits per heavy atom. The van der Waals surface area contributed by atoms with Crippen molar-refractivity contribution in [1.82, 2.24) is 14.9 Å². The molecule has 1 N–H and O–H groups in total. The van der Waals surface area contributed by atoms with Gasteiger partial charge in [0, 0.05) is 19.6 Å². The van der Waals surface area contributed by atoms with Crippen molar-refractivity contribution in [3.63, 3.8) is 0 Å². The van der Waals surface area contributed by atoms with Gasteiger partial charge in [-0.15, -0.1) is 0 Å². The zero-order valence-corrected chi connectivity index (χ0v) is 24.8. The van der Waals surface area contributed by atoms with Crippen LogP contribution in [0.2, 0.25) is 0 Å². The van der Waals surface area contributed by atoms with E-state index >= 15 is 0 Å². The van der Waals surface area contributed by atoms with Gasteiger partial charge in [-0.25, -0.2) is 4.98 Å². The summed E-state index contributed by atoms with van der Waals surface area (Å²) in [6, 6.07) is 7.84. The summed E-state index contributed by atoms with van der Waals surface area (Å²) in [5.41, 5.74) is -0.275. The summed E-state index contributed by atoms with van der Waals surface area (Å²) < 4.78 is 29.4. The van der Waals surface area contributed by atoms with Crippen molar-refractivity contribution < 1.29 is 23.7 Å². The summed E-state index contributed by atoms with van der Waals surface area (Å²) >= 11 is 0. The van der Waals surface area contributed by atoms with Crippen molar-refractivity contribution >= 4 is 11.6 Å². The molecule has 0 radical (unpaired) electrons. The molecular formula is C30H45N5O5. The Bertz CT molecular complexity index is 1110. The van der Waals surface area contributed by atoms with Crippen LogP contribution in [0.4, 0.5) is 11.6 Å². The molecule has 0 amide bonds. The molecule has 1 aromatic heterocycles. The van der Waals surface area contributed by atoms with Gasteiger partial charge < -0.3 is 38.8 Å². The second-order valence-electron chi connectivity index (χ2n) is 11.1. The fourth-order valence-corrected chi connectivity index (χ4v) is 4.93. The van der Waals surface area contributed by atoms with E-state index in [2.05, 4.69) is 47.8 Å². The largest absolute Gasteiger partial charge is 0.490 e. The number of hydrogen-bond donors (Lipinski definition) is 1. The third kappa shape index (κ3) is 7.69. The van der Waals surface area contributed by atoms with E-state index < -0.39 is 0 Å². The van der Waals surface area contributed by atoms with Crippen molar-refractivity contribution in [1.29, 1.82) is 0 Å². The first kappa shape index (κ1) is 29.7. The number of benzene rings is 1. The van der Waals surface area contributed by atoms with E-state index in [0.29, 0.717) is 38.1 Å². The van der Waals surface area contributed by atoms with E-state index in [0.717, 1.165) is 43.2 Å². The Balaban J connectivity index is 1.41. The van der Waals surface area contributed by atoms with Crippen molar-refractivity contribution in [3.05, 3.63) is 48.7 Å². The van der Waals surface area contributed by atoms with Gasteiger partial charge in [0.05, 0.1) is 57.1 Å². The zero-order valence-electron chi connectivity index (χ0n) is 24.8. The molecule has 1 fully saturated rings. The van der Waals surface area contributed by atoms with Gasteiger partial charge in [-0.05, 0) is 45.7 Å². The van der Waals surface area contributed by atoms with E-state index in [4.69, 9.17) is 28.7 Å².